The lowest BCUT2D eigenvalue weighted by Crippen LogP contribution is -2.20. The monoisotopic (exact) mass is 159 g/mol. The smallest absolute Gasteiger partial charge is 0.404 e. The summed E-state index contributed by atoms with van der Waals surface area (Å²) in [6, 6.07) is 0. The van der Waals surface area contributed by atoms with Gasteiger partial charge in [0.1, 0.15) is 6.10 Å². The molecule has 1 atom stereocenters. The average Bonchev–Trinajstić information content (AvgIpc) is 1.86. The van der Waals surface area contributed by atoms with Crippen molar-refractivity contribution in [2.24, 2.45) is 5.73 Å². The Bertz CT molecular complexity index is 115. The molecule has 1 amide bonds. The average molecular weight is 159 g/mol. The van der Waals surface area contributed by atoms with Crippen molar-refractivity contribution in [1.29, 1.82) is 0 Å². The largest absolute Gasteiger partial charge is 0.447 e. The zero-order chi connectivity index (χ0) is 8.69. The van der Waals surface area contributed by atoms with E-state index in [-0.39, 0.29) is 6.10 Å². The van der Waals surface area contributed by atoms with Crippen LogP contribution in [0.2, 0.25) is 0 Å². The van der Waals surface area contributed by atoms with Crippen LogP contribution in [0.1, 0.15) is 39.5 Å². The summed E-state index contributed by atoms with van der Waals surface area (Å²) < 4.78 is 4.74. The van der Waals surface area contributed by atoms with Crippen molar-refractivity contribution >= 4 is 6.09 Å². The van der Waals surface area contributed by atoms with E-state index in [9.17, 15) is 4.79 Å². The van der Waals surface area contributed by atoms with Crippen LogP contribution in [0, 0.1) is 0 Å². The van der Waals surface area contributed by atoms with Crippen molar-refractivity contribution in [3.05, 3.63) is 0 Å². The molecule has 0 aliphatic heterocycles. The molecule has 0 aromatic heterocycles. The maximum atomic E-state index is 10.2. The molecule has 0 heterocycles. The van der Waals surface area contributed by atoms with Gasteiger partial charge in [-0.05, 0) is 19.8 Å². The molecule has 3 heteroatoms. The number of carbonyl (C=O) groups excluding carboxylic acids is 1. The van der Waals surface area contributed by atoms with Crippen molar-refractivity contribution in [3.8, 4) is 0 Å². The van der Waals surface area contributed by atoms with Gasteiger partial charge in [0.15, 0.2) is 0 Å². The molecule has 0 spiro atoms. The molecular weight excluding hydrogens is 142 g/mol. The molecule has 0 saturated carbocycles. The first-order valence-electron chi connectivity index (χ1n) is 4.13. The Hall–Kier alpha value is -0.730. The lowest BCUT2D eigenvalue weighted by atomic mass is 10.1. The summed E-state index contributed by atoms with van der Waals surface area (Å²) in [4.78, 5) is 10.2. The molecule has 0 aliphatic carbocycles. The Morgan fingerprint density at radius 2 is 2.18 bits per heavy atom. The van der Waals surface area contributed by atoms with Gasteiger partial charge in [0, 0.05) is 0 Å². The van der Waals surface area contributed by atoms with E-state index in [1.165, 1.54) is 12.8 Å². The van der Waals surface area contributed by atoms with Crippen molar-refractivity contribution in [2.75, 3.05) is 0 Å². The fraction of sp³-hybridized carbons (Fsp3) is 0.875. The normalized spacial score (nSPS) is 12.5. The van der Waals surface area contributed by atoms with Gasteiger partial charge in [-0.1, -0.05) is 19.8 Å². The van der Waals surface area contributed by atoms with Crippen LogP contribution in [0.15, 0.2) is 0 Å². The second kappa shape index (κ2) is 6.01. The number of ether oxygens (including phenoxy) is 1. The number of unbranched alkanes of at least 4 members (excludes halogenated alkanes) is 2. The standard InChI is InChI=1S/C8H17NO2/c1-3-4-5-6-7(2)11-8(9)10/h7H,3-6H2,1-2H3,(H2,9,10). The highest BCUT2D eigenvalue weighted by Gasteiger charge is 2.03. The fourth-order valence-corrected chi connectivity index (χ4v) is 0.939. The molecule has 2 N–H and O–H groups in total. The summed E-state index contributed by atoms with van der Waals surface area (Å²) in [5.41, 5.74) is 4.84. The number of nitrogens with two attached hydrogens (primary N) is 1. The topological polar surface area (TPSA) is 52.3 Å². The number of hydrogen-bond acceptors (Lipinski definition) is 2. The van der Waals surface area contributed by atoms with Crippen LogP contribution in [-0.4, -0.2) is 12.2 Å². The van der Waals surface area contributed by atoms with E-state index >= 15 is 0 Å². The van der Waals surface area contributed by atoms with Crippen LogP contribution in [-0.2, 0) is 4.74 Å². The number of carbonyl (C=O) groups is 1. The second-order valence-corrected chi connectivity index (χ2v) is 2.74. The van der Waals surface area contributed by atoms with Gasteiger partial charge in [-0.15, -0.1) is 0 Å². The van der Waals surface area contributed by atoms with Gasteiger partial charge < -0.3 is 10.5 Å². The van der Waals surface area contributed by atoms with E-state index < -0.39 is 6.09 Å². The summed E-state index contributed by atoms with van der Waals surface area (Å²) in [6.45, 7) is 4.00. The molecular formula is C8H17NO2. The molecule has 0 aromatic carbocycles. The highest BCUT2D eigenvalue weighted by Crippen LogP contribution is 2.05. The fourth-order valence-electron chi connectivity index (χ4n) is 0.939. The molecule has 0 bridgehead atoms. The van der Waals surface area contributed by atoms with E-state index in [0.717, 1.165) is 12.8 Å². The summed E-state index contributed by atoms with van der Waals surface area (Å²) >= 11 is 0. The maximum absolute atomic E-state index is 10.2. The Morgan fingerprint density at radius 3 is 2.64 bits per heavy atom. The van der Waals surface area contributed by atoms with Gasteiger partial charge in [0.25, 0.3) is 0 Å². The van der Waals surface area contributed by atoms with Crippen molar-refractivity contribution in [2.45, 2.75) is 45.6 Å². The van der Waals surface area contributed by atoms with E-state index in [4.69, 9.17) is 10.5 Å². The predicted octanol–water partition coefficient (Wildman–Crippen LogP) is 2.05. The molecule has 0 aromatic rings. The zero-order valence-corrected chi connectivity index (χ0v) is 7.30. The number of hydrogen-bond donors (Lipinski definition) is 1. The Kier molecular flexibility index (Phi) is 5.61. The highest BCUT2D eigenvalue weighted by molar-refractivity contribution is 5.64. The van der Waals surface area contributed by atoms with Gasteiger partial charge in [-0.2, -0.15) is 0 Å². The minimum absolute atomic E-state index is 0.0287. The lowest BCUT2D eigenvalue weighted by Gasteiger charge is -2.09. The quantitative estimate of drug-likeness (QED) is 0.624. The molecule has 0 aliphatic rings. The molecule has 11 heavy (non-hydrogen) atoms. The van der Waals surface area contributed by atoms with Gasteiger partial charge in [0.05, 0.1) is 0 Å². The first-order valence-corrected chi connectivity index (χ1v) is 4.13. The van der Waals surface area contributed by atoms with E-state index in [1.54, 1.807) is 0 Å². The second-order valence-electron chi connectivity index (χ2n) is 2.74. The number of primary amides is 1. The van der Waals surface area contributed by atoms with E-state index in [1.807, 2.05) is 6.92 Å². The Balaban J connectivity index is 3.22. The summed E-state index contributed by atoms with van der Waals surface area (Å²) in [5.74, 6) is 0. The SMILES string of the molecule is CCCCCC(C)OC(N)=O. The lowest BCUT2D eigenvalue weighted by molar-refractivity contribution is 0.110. The molecule has 0 saturated heterocycles. The number of rotatable bonds is 5. The molecule has 0 rings (SSSR count). The predicted molar refractivity (Wildman–Crippen MR) is 44.3 cm³/mol. The summed E-state index contributed by atoms with van der Waals surface area (Å²) in [7, 11) is 0. The van der Waals surface area contributed by atoms with Gasteiger partial charge in [-0.25, -0.2) is 4.79 Å². The third-order valence-electron chi connectivity index (χ3n) is 1.53. The van der Waals surface area contributed by atoms with Gasteiger partial charge in [-0.3, -0.25) is 0 Å². The van der Waals surface area contributed by atoms with E-state index in [0.29, 0.717) is 0 Å². The van der Waals surface area contributed by atoms with Crippen molar-refractivity contribution in [1.82, 2.24) is 0 Å². The first kappa shape index (κ1) is 10.3. The minimum Gasteiger partial charge on any atom is -0.447 e. The zero-order valence-electron chi connectivity index (χ0n) is 7.30. The van der Waals surface area contributed by atoms with Crippen LogP contribution in [0.4, 0.5) is 4.79 Å². The van der Waals surface area contributed by atoms with E-state index in [2.05, 4.69) is 6.92 Å². The van der Waals surface area contributed by atoms with Crippen LogP contribution < -0.4 is 5.73 Å². The third kappa shape index (κ3) is 7.16. The molecule has 3 nitrogen and oxygen atoms in total. The Morgan fingerprint density at radius 1 is 1.55 bits per heavy atom. The van der Waals surface area contributed by atoms with Crippen LogP contribution in [0.25, 0.3) is 0 Å². The van der Waals surface area contributed by atoms with Gasteiger partial charge >= 0.3 is 6.09 Å². The van der Waals surface area contributed by atoms with Crippen LogP contribution in [0.3, 0.4) is 0 Å². The van der Waals surface area contributed by atoms with Gasteiger partial charge in [0.2, 0.25) is 0 Å². The minimum atomic E-state index is -0.672. The third-order valence-corrected chi connectivity index (χ3v) is 1.53. The molecule has 0 radical (unpaired) electrons. The summed E-state index contributed by atoms with van der Waals surface area (Å²) in [5, 5.41) is 0. The molecule has 66 valence electrons. The first-order chi connectivity index (χ1) is 5.16. The number of amides is 1. The molecule has 0 fully saturated rings. The van der Waals surface area contributed by atoms with Crippen LogP contribution >= 0.6 is 0 Å². The van der Waals surface area contributed by atoms with Crippen LogP contribution in [0.5, 0.6) is 0 Å². The maximum Gasteiger partial charge on any atom is 0.404 e. The highest BCUT2D eigenvalue weighted by atomic mass is 16.6. The van der Waals surface area contributed by atoms with Crippen molar-refractivity contribution in [3.63, 3.8) is 0 Å². The van der Waals surface area contributed by atoms with Crippen molar-refractivity contribution < 1.29 is 9.53 Å². The Labute approximate surface area is 67.9 Å². The summed E-state index contributed by atoms with van der Waals surface area (Å²) in [6.07, 6.45) is 3.69. The molecule has 1 unspecified atom stereocenters.